The standard InChI is InChI=1S/C18H24BrNO3/c19-16-13-15(18(17(21)22)6-1-2-7-18)4-3-14(16)5-8-20-9-11-23-12-10-20/h3-4,13H,1-2,5-12H2,(H,21,22). The van der Waals surface area contributed by atoms with Crippen LogP contribution >= 0.6 is 15.9 Å². The van der Waals surface area contributed by atoms with Crippen LogP contribution in [0.5, 0.6) is 0 Å². The second-order valence-electron chi connectivity index (χ2n) is 6.60. The van der Waals surface area contributed by atoms with E-state index in [0.717, 1.165) is 75.0 Å². The Hall–Kier alpha value is -0.910. The third-order valence-corrected chi connectivity index (χ3v) is 6.01. The first-order valence-electron chi connectivity index (χ1n) is 8.44. The lowest BCUT2D eigenvalue weighted by Crippen LogP contribution is -2.37. The predicted molar refractivity (Wildman–Crippen MR) is 92.9 cm³/mol. The molecule has 3 rings (SSSR count). The SMILES string of the molecule is O=C(O)C1(c2ccc(CCN3CCOCC3)c(Br)c2)CCCC1. The number of nitrogens with zero attached hydrogens (tertiary/aromatic N) is 1. The summed E-state index contributed by atoms with van der Waals surface area (Å²) in [5.41, 5.74) is 1.52. The zero-order valence-electron chi connectivity index (χ0n) is 13.4. The van der Waals surface area contributed by atoms with E-state index < -0.39 is 11.4 Å². The third-order valence-electron chi connectivity index (χ3n) is 5.27. The average molecular weight is 382 g/mol. The first-order valence-corrected chi connectivity index (χ1v) is 9.23. The minimum atomic E-state index is -0.678. The number of aliphatic carboxylic acids is 1. The maximum Gasteiger partial charge on any atom is 0.314 e. The summed E-state index contributed by atoms with van der Waals surface area (Å²) in [6.45, 7) is 4.66. The molecule has 1 saturated carbocycles. The molecule has 0 aromatic heterocycles. The van der Waals surface area contributed by atoms with Gasteiger partial charge in [0.15, 0.2) is 0 Å². The number of hydrogen-bond acceptors (Lipinski definition) is 3. The second kappa shape index (κ2) is 7.32. The van der Waals surface area contributed by atoms with Gasteiger partial charge >= 0.3 is 5.97 Å². The molecule has 1 saturated heterocycles. The molecule has 4 nitrogen and oxygen atoms in total. The molecule has 5 heteroatoms. The van der Waals surface area contributed by atoms with Gasteiger partial charge in [0.1, 0.15) is 0 Å². The van der Waals surface area contributed by atoms with Crippen LogP contribution in [0.15, 0.2) is 22.7 Å². The van der Waals surface area contributed by atoms with Gasteiger partial charge in [-0.1, -0.05) is 40.9 Å². The summed E-state index contributed by atoms with van der Waals surface area (Å²) in [4.78, 5) is 14.2. The number of rotatable bonds is 5. The molecule has 0 spiro atoms. The molecule has 0 unspecified atom stereocenters. The monoisotopic (exact) mass is 381 g/mol. The van der Waals surface area contributed by atoms with E-state index in [1.54, 1.807) is 0 Å². The quantitative estimate of drug-likeness (QED) is 0.850. The molecule has 1 N–H and O–H groups in total. The number of halogens is 1. The lowest BCUT2D eigenvalue weighted by molar-refractivity contribution is -0.143. The van der Waals surface area contributed by atoms with Crippen LogP contribution in [-0.2, 0) is 21.4 Å². The van der Waals surface area contributed by atoms with Crippen LogP contribution in [0.4, 0.5) is 0 Å². The van der Waals surface area contributed by atoms with E-state index >= 15 is 0 Å². The van der Waals surface area contributed by atoms with Crippen molar-refractivity contribution in [2.45, 2.75) is 37.5 Å². The van der Waals surface area contributed by atoms with Gasteiger partial charge in [-0.15, -0.1) is 0 Å². The van der Waals surface area contributed by atoms with Crippen LogP contribution in [0.1, 0.15) is 36.8 Å². The van der Waals surface area contributed by atoms with Crippen molar-refractivity contribution < 1.29 is 14.6 Å². The molecule has 0 amide bonds. The lowest BCUT2D eigenvalue weighted by atomic mass is 9.78. The van der Waals surface area contributed by atoms with Crippen LogP contribution in [0.3, 0.4) is 0 Å². The molecule has 1 heterocycles. The van der Waals surface area contributed by atoms with E-state index in [0.29, 0.717) is 0 Å². The molecule has 0 bridgehead atoms. The molecule has 1 aliphatic carbocycles. The minimum Gasteiger partial charge on any atom is -0.481 e. The predicted octanol–water partition coefficient (Wildman–Crippen LogP) is 3.22. The Labute approximate surface area is 145 Å². The maximum atomic E-state index is 11.8. The zero-order valence-corrected chi connectivity index (χ0v) is 15.0. The van der Waals surface area contributed by atoms with E-state index in [4.69, 9.17) is 4.74 Å². The summed E-state index contributed by atoms with van der Waals surface area (Å²) in [7, 11) is 0. The Morgan fingerprint density at radius 1 is 1.26 bits per heavy atom. The van der Waals surface area contributed by atoms with Crippen LogP contribution in [0.2, 0.25) is 0 Å². The fraction of sp³-hybridized carbons (Fsp3) is 0.611. The van der Waals surface area contributed by atoms with E-state index in [1.165, 1.54) is 5.56 Å². The maximum absolute atomic E-state index is 11.8. The average Bonchev–Trinajstić information content (AvgIpc) is 3.06. The van der Waals surface area contributed by atoms with Crippen LogP contribution in [0.25, 0.3) is 0 Å². The number of carboxylic acid groups (broad SMARTS) is 1. The van der Waals surface area contributed by atoms with Crippen molar-refractivity contribution in [3.63, 3.8) is 0 Å². The van der Waals surface area contributed by atoms with Crippen molar-refractivity contribution in [3.05, 3.63) is 33.8 Å². The molecule has 0 radical (unpaired) electrons. The van der Waals surface area contributed by atoms with Gasteiger partial charge in [-0.2, -0.15) is 0 Å². The summed E-state index contributed by atoms with van der Waals surface area (Å²) in [6.07, 6.45) is 4.48. The molecule has 2 aliphatic rings. The first kappa shape index (κ1) is 16.9. The number of carbonyl (C=O) groups is 1. The van der Waals surface area contributed by atoms with Crippen molar-refractivity contribution in [1.29, 1.82) is 0 Å². The fourth-order valence-electron chi connectivity index (χ4n) is 3.76. The van der Waals surface area contributed by atoms with E-state index in [2.05, 4.69) is 26.9 Å². The van der Waals surface area contributed by atoms with Gasteiger partial charge in [-0.25, -0.2) is 0 Å². The van der Waals surface area contributed by atoms with Crippen molar-refractivity contribution in [3.8, 4) is 0 Å². The summed E-state index contributed by atoms with van der Waals surface area (Å²) >= 11 is 3.66. The highest BCUT2D eigenvalue weighted by Gasteiger charge is 2.43. The van der Waals surface area contributed by atoms with Crippen molar-refractivity contribution in [2.75, 3.05) is 32.8 Å². The second-order valence-corrected chi connectivity index (χ2v) is 7.46. The number of ether oxygens (including phenoxy) is 1. The number of morpholine rings is 1. The topological polar surface area (TPSA) is 49.8 Å². The fourth-order valence-corrected chi connectivity index (χ4v) is 4.33. The largest absolute Gasteiger partial charge is 0.481 e. The van der Waals surface area contributed by atoms with E-state index in [-0.39, 0.29) is 0 Å². The van der Waals surface area contributed by atoms with Gasteiger partial charge in [0, 0.05) is 24.1 Å². The Morgan fingerprint density at radius 2 is 1.96 bits per heavy atom. The molecule has 1 aliphatic heterocycles. The molecule has 0 atom stereocenters. The molecule has 1 aromatic rings. The highest BCUT2D eigenvalue weighted by molar-refractivity contribution is 9.10. The van der Waals surface area contributed by atoms with Crippen molar-refractivity contribution >= 4 is 21.9 Å². The van der Waals surface area contributed by atoms with Gasteiger partial charge in [0.2, 0.25) is 0 Å². The van der Waals surface area contributed by atoms with Crippen LogP contribution in [-0.4, -0.2) is 48.8 Å². The molecular weight excluding hydrogens is 358 g/mol. The molecule has 1 aromatic carbocycles. The van der Waals surface area contributed by atoms with Gasteiger partial charge < -0.3 is 9.84 Å². The Morgan fingerprint density at radius 3 is 2.57 bits per heavy atom. The van der Waals surface area contributed by atoms with Crippen LogP contribution in [0, 0.1) is 0 Å². The van der Waals surface area contributed by atoms with Crippen molar-refractivity contribution in [1.82, 2.24) is 4.90 Å². The normalized spacial score (nSPS) is 21.4. The van der Waals surface area contributed by atoms with E-state index in [1.807, 2.05) is 12.1 Å². The Kier molecular flexibility index (Phi) is 5.39. The van der Waals surface area contributed by atoms with Gasteiger partial charge in [-0.3, -0.25) is 9.69 Å². The number of carboxylic acids is 1. The van der Waals surface area contributed by atoms with Crippen LogP contribution < -0.4 is 0 Å². The Bertz CT molecular complexity index is 563. The molecule has 23 heavy (non-hydrogen) atoms. The summed E-state index contributed by atoms with van der Waals surface area (Å²) < 4.78 is 6.41. The summed E-state index contributed by atoms with van der Waals surface area (Å²) in [6, 6.07) is 6.16. The number of hydrogen-bond donors (Lipinski definition) is 1. The van der Waals surface area contributed by atoms with Crippen molar-refractivity contribution in [2.24, 2.45) is 0 Å². The smallest absolute Gasteiger partial charge is 0.314 e. The highest BCUT2D eigenvalue weighted by atomic mass is 79.9. The van der Waals surface area contributed by atoms with Gasteiger partial charge in [-0.05, 0) is 36.5 Å². The third kappa shape index (κ3) is 3.62. The number of benzene rings is 1. The summed E-state index contributed by atoms with van der Waals surface area (Å²) in [5.74, 6) is -0.678. The molecule has 2 fully saturated rings. The van der Waals surface area contributed by atoms with Gasteiger partial charge in [0.05, 0.1) is 18.6 Å². The zero-order chi connectivity index (χ0) is 16.3. The lowest BCUT2D eigenvalue weighted by Gasteiger charge is -2.27. The van der Waals surface area contributed by atoms with E-state index in [9.17, 15) is 9.90 Å². The summed E-state index contributed by atoms with van der Waals surface area (Å²) in [5, 5.41) is 9.72. The molecule has 126 valence electrons. The molecular formula is C18H24BrNO3. The highest BCUT2D eigenvalue weighted by Crippen LogP contribution is 2.42. The minimum absolute atomic E-state index is 0.675. The Balaban J connectivity index is 1.71. The van der Waals surface area contributed by atoms with Gasteiger partial charge in [0.25, 0.3) is 0 Å². The first-order chi connectivity index (χ1) is 11.1.